The van der Waals surface area contributed by atoms with Gasteiger partial charge in [-0.05, 0) is 31.0 Å². The van der Waals surface area contributed by atoms with Crippen LogP contribution in [0.4, 0.5) is 0 Å². The quantitative estimate of drug-likeness (QED) is 0.792. The molecule has 0 saturated carbocycles. The number of piperidine rings is 1. The van der Waals surface area contributed by atoms with E-state index in [1.165, 1.54) is 18.2 Å². The lowest BCUT2D eigenvalue weighted by atomic mass is 9.80. The van der Waals surface area contributed by atoms with Gasteiger partial charge in [0.15, 0.2) is 0 Å². The summed E-state index contributed by atoms with van der Waals surface area (Å²) >= 11 is 0. The molecule has 0 spiro atoms. The minimum Gasteiger partial charge on any atom is -0.469 e. The molecule has 0 bridgehead atoms. The molecule has 3 nitrogen and oxygen atoms in total. The molecule has 1 heterocycles. The molecule has 1 saturated heterocycles. The molecule has 17 heavy (non-hydrogen) atoms. The van der Waals surface area contributed by atoms with Crippen LogP contribution in [0.15, 0.2) is 24.3 Å². The number of ether oxygens (including phenoxy) is 1. The molecule has 3 heteroatoms. The average molecular weight is 233 g/mol. The third-order valence-corrected chi connectivity index (χ3v) is 3.57. The third-order valence-electron chi connectivity index (χ3n) is 3.57. The van der Waals surface area contributed by atoms with Crippen molar-refractivity contribution in [3.63, 3.8) is 0 Å². The fourth-order valence-electron chi connectivity index (χ4n) is 2.62. The number of aryl methyl sites for hydroxylation is 1. The molecule has 0 aromatic heterocycles. The van der Waals surface area contributed by atoms with Crippen LogP contribution in [0, 0.1) is 12.8 Å². The van der Waals surface area contributed by atoms with Gasteiger partial charge >= 0.3 is 5.97 Å². The molecule has 1 aliphatic heterocycles. The lowest BCUT2D eigenvalue weighted by Gasteiger charge is -2.31. The smallest absolute Gasteiger partial charge is 0.309 e. The first-order chi connectivity index (χ1) is 8.24. The predicted molar refractivity (Wildman–Crippen MR) is 66.9 cm³/mol. The minimum atomic E-state index is -0.0836. The first-order valence-electron chi connectivity index (χ1n) is 6.08. The molecule has 2 rings (SSSR count). The van der Waals surface area contributed by atoms with Crippen molar-refractivity contribution in [2.24, 2.45) is 5.92 Å². The van der Waals surface area contributed by atoms with E-state index in [1.807, 2.05) is 12.1 Å². The Labute approximate surface area is 102 Å². The standard InChI is InChI=1S/C14H19NO2/c1-10-5-3-4-6-11(10)13-9-15-8-7-12(13)14(16)17-2/h3-6,12-13,15H,7-9H2,1-2H3/t12-,13+/m1/s1. The molecule has 1 N–H and O–H groups in total. The Bertz CT molecular complexity index is 403. The van der Waals surface area contributed by atoms with E-state index in [1.54, 1.807) is 0 Å². The van der Waals surface area contributed by atoms with Gasteiger partial charge < -0.3 is 10.1 Å². The molecule has 92 valence electrons. The van der Waals surface area contributed by atoms with Gasteiger partial charge in [0.1, 0.15) is 0 Å². The minimum absolute atomic E-state index is 0.0117. The summed E-state index contributed by atoms with van der Waals surface area (Å²) in [4.78, 5) is 11.8. The van der Waals surface area contributed by atoms with Crippen LogP contribution in [0.5, 0.6) is 0 Å². The Morgan fingerprint density at radius 3 is 2.88 bits per heavy atom. The Balaban J connectivity index is 2.28. The molecule has 1 aliphatic rings. The maximum atomic E-state index is 11.8. The van der Waals surface area contributed by atoms with Crippen LogP contribution >= 0.6 is 0 Å². The first kappa shape index (κ1) is 12.1. The monoisotopic (exact) mass is 233 g/mol. The second-order valence-electron chi connectivity index (χ2n) is 4.59. The molecule has 1 aromatic carbocycles. The van der Waals surface area contributed by atoms with E-state index in [9.17, 15) is 4.79 Å². The first-order valence-corrected chi connectivity index (χ1v) is 6.08. The molecule has 1 aromatic rings. The summed E-state index contributed by atoms with van der Waals surface area (Å²) in [5.41, 5.74) is 2.50. The second kappa shape index (κ2) is 5.32. The highest BCUT2D eigenvalue weighted by Crippen LogP contribution is 2.31. The summed E-state index contributed by atoms with van der Waals surface area (Å²) in [6.07, 6.45) is 0.853. The normalized spacial score (nSPS) is 24.4. The van der Waals surface area contributed by atoms with Gasteiger partial charge in [0.2, 0.25) is 0 Å². The van der Waals surface area contributed by atoms with Gasteiger partial charge in [-0.1, -0.05) is 24.3 Å². The van der Waals surface area contributed by atoms with Crippen LogP contribution in [-0.4, -0.2) is 26.2 Å². The van der Waals surface area contributed by atoms with Crippen LogP contribution in [0.25, 0.3) is 0 Å². The average Bonchev–Trinajstić information content (AvgIpc) is 2.38. The largest absolute Gasteiger partial charge is 0.469 e. The zero-order valence-electron chi connectivity index (χ0n) is 10.4. The zero-order valence-corrected chi connectivity index (χ0v) is 10.4. The van der Waals surface area contributed by atoms with Crippen molar-refractivity contribution in [2.45, 2.75) is 19.3 Å². The molecule has 0 unspecified atom stereocenters. The van der Waals surface area contributed by atoms with Crippen LogP contribution in [0.3, 0.4) is 0 Å². The van der Waals surface area contributed by atoms with E-state index in [0.717, 1.165) is 19.5 Å². The van der Waals surface area contributed by atoms with E-state index in [-0.39, 0.29) is 17.8 Å². The highest BCUT2D eigenvalue weighted by atomic mass is 16.5. The van der Waals surface area contributed by atoms with Crippen LogP contribution < -0.4 is 5.32 Å². The fourth-order valence-corrected chi connectivity index (χ4v) is 2.62. The summed E-state index contributed by atoms with van der Waals surface area (Å²) in [7, 11) is 1.47. The Morgan fingerprint density at radius 2 is 2.18 bits per heavy atom. The summed E-state index contributed by atoms with van der Waals surface area (Å²) in [5, 5.41) is 3.36. The molecule has 0 amide bonds. The summed E-state index contributed by atoms with van der Waals surface area (Å²) in [6.45, 7) is 3.84. The zero-order chi connectivity index (χ0) is 12.3. The van der Waals surface area contributed by atoms with E-state index in [4.69, 9.17) is 4.74 Å². The van der Waals surface area contributed by atoms with Crippen molar-refractivity contribution in [2.75, 3.05) is 20.2 Å². The molecule has 2 atom stereocenters. The molecular formula is C14H19NO2. The van der Waals surface area contributed by atoms with Crippen molar-refractivity contribution >= 4 is 5.97 Å². The lowest BCUT2D eigenvalue weighted by molar-refractivity contribution is -0.147. The predicted octanol–water partition coefficient (Wildman–Crippen LogP) is 1.86. The van der Waals surface area contributed by atoms with E-state index in [0.29, 0.717) is 0 Å². The van der Waals surface area contributed by atoms with Crippen LogP contribution in [0.1, 0.15) is 23.5 Å². The third kappa shape index (κ3) is 2.50. The molecular weight excluding hydrogens is 214 g/mol. The number of nitrogens with one attached hydrogen (secondary N) is 1. The number of carbonyl (C=O) groups is 1. The maximum Gasteiger partial charge on any atom is 0.309 e. The summed E-state index contributed by atoms with van der Waals surface area (Å²) < 4.78 is 4.91. The maximum absolute atomic E-state index is 11.8. The highest BCUT2D eigenvalue weighted by Gasteiger charge is 2.33. The number of carbonyl (C=O) groups excluding carboxylic acids is 1. The number of methoxy groups -OCH3 is 1. The highest BCUT2D eigenvalue weighted by molar-refractivity contribution is 5.74. The van der Waals surface area contributed by atoms with Gasteiger partial charge in [-0.3, -0.25) is 4.79 Å². The number of hydrogen-bond acceptors (Lipinski definition) is 3. The topological polar surface area (TPSA) is 38.3 Å². The summed E-state index contributed by atoms with van der Waals surface area (Å²) in [6, 6.07) is 8.27. The van der Waals surface area contributed by atoms with Crippen molar-refractivity contribution in [1.82, 2.24) is 5.32 Å². The van der Waals surface area contributed by atoms with E-state index in [2.05, 4.69) is 24.4 Å². The van der Waals surface area contributed by atoms with Gasteiger partial charge in [-0.15, -0.1) is 0 Å². The molecule has 0 aliphatic carbocycles. The number of esters is 1. The van der Waals surface area contributed by atoms with E-state index >= 15 is 0 Å². The van der Waals surface area contributed by atoms with Crippen molar-refractivity contribution in [3.05, 3.63) is 35.4 Å². The van der Waals surface area contributed by atoms with Crippen molar-refractivity contribution in [1.29, 1.82) is 0 Å². The molecule has 0 radical (unpaired) electrons. The van der Waals surface area contributed by atoms with Crippen molar-refractivity contribution < 1.29 is 9.53 Å². The number of rotatable bonds is 2. The van der Waals surface area contributed by atoms with E-state index < -0.39 is 0 Å². The van der Waals surface area contributed by atoms with Gasteiger partial charge in [0, 0.05) is 12.5 Å². The van der Waals surface area contributed by atoms with Gasteiger partial charge in [-0.2, -0.15) is 0 Å². The fraction of sp³-hybridized carbons (Fsp3) is 0.500. The molecule has 1 fully saturated rings. The Morgan fingerprint density at radius 1 is 1.41 bits per heavy atom. The number of hydrogen-bond donors (Lipinski definition) is 1. The van der Waals surface area contributed by atoms with Crippen molar-refractivity contribution in [3.8, 4) is 0 Å². The Hall–Kier alpha value is -1.35. The summed E-state index contributed by atoms with van der Waals surface area (Å²) in [5.74, 6) is 0.138. The lowest BCUT2D eigenvalue weighted by Crippen LogP contribution is -2.39. The Kier molecular flexibility index (Phi) is 3.79. The van der Waals surface area contributed by atoms with Crippen LogP contribution in [0.2, 0.25) is 0 Å². The SMILES string of the molecule is COC(=O)[C@@H]1CCNC[C@H]1c1ccccc1C. The van der Waals surface area contributed by atoms with Gasteiger partial charge in [-0.25, -0.2) is 0 Å². The van der Waals surface area contributed by atoms with Crippen LogP contribution in [-0.2, 0) is 9.53 Å². The van der Waals surface area contributed by atoms with Gasteiger partial charge in [0.05, 0.1) is 13.0 Å². The van der Waals surface area contributed by atoms with Gasteiger partial charge in [0.25, 0.3) is 0 Å². The second-order valence-corrected chi connectivity index (χ2v) is 4.59. The number of benzene rings is 1.